The molecule has 0 aromatic heterocycles. The molecule has 1 aliphatic rings. The van der Waals surface area contributed by atoms with Crippen molar-refractivity contribution in [2.24, 2.45) is 5.16 Å². The zero-order valence-electron chi connectivity index (χ0n) is 6.61. The highest BCUT2D eigenvalue weighted by Gasteiger charge is 2.38. The highest BCUT2D eigenvalue weighted by molar-refractivity contribution is 6.67. The molecule has 1 saturated heterocycles. The maximum absolute atomic E-state index is 10.9. The van der Waals surface area contributed by atoms with Crippen LogP contribution in [0, 0.1) is 0 Å². The molecule has 0 spiro atoms. The molecule has 0 atom stereocenters. The Morgan fingerprint density at radius 2 is 1.50 bits per heavy atom. The van der Waals surface area contributed by atoms with Crippen LogP contribution in [0.3, 0.4) is 0 Å². The van der Waals surface area contributed by atoms with Crippen LogP contribution in [0.15, 0.2) is 5.16 Å². The number of rotatable bonds is 0. The van der Waals surface area contributed by atoms with E-state index in [2.05, 4.69) is 5.16 Å². The van der Waals surface area contributed by atoms with Gasteiger partial charge in [0.1, 0.15) is 0 Å². The molecule has 2 amide bonds. The lowest BCUT2D eigenvalue weighted by molar-refractivity contribution is -0.141. The van der Waals surface area contributed by atoms with Crippen molar-refractivity contribution in [2.45, 2.75) is 0 Å². The van der Waals surface area contributed by atoms with Crippen molar-refractivity contribution >= 4 is 17.5 Å². The summed E-state index contributed by atoms with van der Waals surface area (Å²) < 4.78 is 0. The molecule has 12 heavy (non-hydrogen) atoms. The molecule has 0 bridgehead atoms. The summed E-state index contributed by atoms with van der Waals surface area (Å²) >= 11 is 0. The van der Waals surface area contributed by atoms with Gasteiger partial charge in [0.25, 0.3) is 11.8 Å². The van der Waals surface area contributed by atoms with Gasteiger partial charge in [-0.2, -0.15) is 0 Å². The van der Waals surface area contributed by atoms with Gasteiger partial charge in [-0.25, -0.2) is 10.0 Å². The summed E-state index contributed by atoms with van der Waals surface area (Å²) in [6.45, 7) is 0. The second kappa shape index (κ2) is 3.18. The van der Waals surface area contributed by atoms with Gasteiger partial charge in [0.05, 0.1) is 0 Å². The fourth-order valence-electron chi connectivity index (χ4n) is 0.756. The molecule has 1 aliphatic heterocycles. The van der Waals surface area contributed by atoms with E-state index in [4.69, 9.17) is 5.21 Å². The first-order valence-electron chi connectivity index (χ1n) is 2.87. The van der Waals surface area contributed by atoms with Crippen LogP contribution in [0.1, 0.15) is 0 Å². The van der Waals surface area contributed by atoms with Crippen LogP contribution >= 0.6 is 0 Å². The van der Waals surface area contributed by atoms with Gasteiger partial charge in [-0.1, -0.05) is 5.16 Å². The molecule has 7 heteroatoms. The Bertz CT molecular complexity index is 227. The van der Waals surface area contributed by atoms with Crippen molar-refractivity contribution in [2.75, 3.05) is 14.1 Å². The van der Waals surface area contributed by atoms with Crippen LogP contribution in [0.25, 0.3) is 0 Å². The molecular formula is C5H9N3O4. The molecule has 0 saturated carbocycles. The van der Waals surface area contributed by atoms with Crippen LogP contribution in [0.2, 0.25) is 0 Å². The van der Waals surface area contributed by atoms with E-state index in [1.54, 1.807) is 0 Å². The average molecular weight is 175 g/mol. The SMILES string of the molecule is CN1C(=O)C(=NO)C(=O)N1C.O. The smallest absolute Gasteiger partial charge is 0.300 e. The Kier molecular flexibility index (Phi) is 2.75. The van der Waals surface area contributed by atoms with Crippen molar-refractivity contribution in [3.63, 3.8) is 0 Å². The number of hydrogen-bond donors (Lipinski definition) is 1. The number of carbonyl (C=O) groups excluding carboxylic acids is 2. The lowest BCUT2D eigenvalue weighted by atomic mass is 10.4. The Morgan fingerprint density at radius 1 is 1.17 bits per heavy atom. The number of hydrazine groups is 1. The average Bonchev–Trinajstić information content (AvgIpc) is 2.17. The van der Waals surface area contributed by atoms with Gasteiger partial charge < -0.3 is 10.7 Å². The molecule has 1 heterocycles. The van der Waals surface area contributed by atoms with Gasteiger partial charge >= 0.3 is 0 Å². The van der Waals surface area contributed by atoms with E-state index < -0.39 is 17.5 Å². The second-order valence-electron chi connectivity index (χ2n) is 2.11. The molecule has 0 unspecified atom stereocenters. The molecule has 0 radical (unpaired) electrons. The maximum atomic E-state index is 10.9. The summed E-state index contributed by atoms with van der Waals surface area (Å²) in [7, 11) is 2.83. The van der Waals surface area contributed by atoms with E-state index in [0.717, 1.165) is 10.0 Å². The van der Waals surface area contributed by atoms with Crippen LogP contribution < -0.4 is 0 Å². The summed E-state index contributed by atoms with van der Waals surface area (Å²) in [5.41, 5.74) is -0.449. The molecular weight excluding hydrogens is 166 g/mol. The van der Waals surface area contributed by atoms with Gasteiger partial charge in [-0.3, -0.25) is 9.59 Å². The number of oxime groups is 1. The van der Waals surface area contributed by atoms with Crippen molar-refractivity contribution in [3.8, 4) is 0 Å². The van der Waals surface area contributed by atoms with Crippen LogP contribution in [0.4, 0.5) is 0 Å². The summed E-state index contributed by atoms with van der Waals surface area (Å²) in [5, 5.41) is 13.0. The van der Waals surface area contributed by atoms with E-state index in [9.17, 15) is 9.59 Å². The van der Waals surface area contributed by atoms with Gasteiger partial charge in [0.2, 0.25) is 5.71 Å². The van der Waals surface area contributed by atoms with Gasteiger partial charge in [0.15, 0.2) is 0 Å². The number of hydrogen-bond acceptors (Lipinski definition) is 4. The highest BCUT2D eigenvalue weighted by Crippen LogP contribution is 2.05. The Balaban J connectivity index is 0.00000121. The zero-order chi connectivity index (χ0) is 8.59. The number of amides is 2. The zero-order valence-corrected chi connectivity index (χ0v) is 6.61. The van der Waals surface area contributed by atoms with E-state index >= 15 is 0 Å². The molecule has 0 aliphatic carbocycles. The first-order valence-corrected chi connectivity index (χ1v) is 2.87. The van der Waals surface area contributed by atoms with Crippen molar-refractivity contribution in [3.05, 3.63) is 0 Å². The minimum absolute atomic E-state index is 0. The van der Waals surface area contributed by atoms with Crippen molar-refractivity contribution in [1.82, 2.24) is 10.0 Å². The van der Waals surface area contributed by atoms with E-state index in [0.29, 0.717) is 0 Å². The Morgan fingerprint density at radius 3 is 1.67 bits per heavy atom. The summed E-state index contributed by atoms with van der Waals surface area (Å²) in [6, 6.07) is 0. The molecule has 1 fully saturated rings. The predicted octanol–water partition coefficient (Wildman–Crippen LogP) is -2.16. The van der Waals surface area contributed by atoms with Crippen molar-refractivity contribution in [1.29, 1.82) is 0 Å². The minimum atomic E-state index is -0.597. The van der Waals surface area contributed by atoms with Crippen LogP contribution in [-0.4, -0.2) is 52.3 Å². The van der Waals surface area contributed by atoms with Gasteiger partial charge in [-0.15, -0.1) is 0 Å². The highest BCUT2D eigenvalue weighted by atomic mass is 16.4. The predicted molar refractivity (Wildman–Crippen MR) is 38.4 cm³/mol. The fourth-order valence-corrected chi connectivity index (χ4v) is 0.756. The third kappa shape index (κ3) is 1.10. The molecule has 68 valence electrons. The monoisotopic (exact) mass is 175 g/mol. The number of carbonyl (C=O) groups is 2. The first-order chi connectivity index (χ1) is 5.09. The van der Waals surface area contributed by atoms with E-state index in [1.807, 2.05) is 0 Å². The van der Waals surface area contributed by atoms with Crippen LogP contribution in [-0.2, 0) is 9.59 Å². The third-order valence-electron chi connectivity index (χ3n) is 1.54. The fraction of sp³-hybridized carbons (Fsp3) is 0.400. The summed E-state index contributed by atoms with van der Waals surface area (Å²) in [6.07, 6.45) is 0. The van der Waals surface area contributed by atoms with Gasteiger partial charge in [0, 0.05) is 14.1 Å². The normalized spacial score (nSPS) is 16.7. The van der Waals surface area contributed by atoms with Crippen LogP contribution in [0.5, 0.6) is 0 Å². The first kappa shape index (κ1) is 10.4. The molecule has 0 aromatic rings. The minimum Gasteiger partial charge on any atom is -0.412 e. The maximum Gasteiger partial charge on any atom is 0.300 e. The summed E-state index contributed by atoms with van der Waals surface area (Å²) in [5.74, 6) is -1.19. The molecule has 7 nitrogen and oxygen atoms in total. The Hall–Kier alpha value is -1.63. The lowest BCUT2D eigenvalue weighted by Gasteiger charge is -2.16. The Labute approximate surface area is 68.1 Å². The third-order valence-corrected chi connectivity index (χ3v) is 1.54. The van der Waals surface area contributed by atoms with Gasteiger partial charge in [-0.05, 0) is 0 Å². The quantitative estimate of drug-likeness (QED) is 0.334. The molecule has 0 aromatic carbocycles. The van der Waals surface area contributed by atoms with E-state index in [-0.39, 0.29) is 5.48 Å². The summed E-state index contributed by atoms with van der Waals surface area (Å²) in [4.78, 5) is 21.9. The second-order valence-corrected chi connectivity index (χ2v) is 2.11. The number of nitrogens with zero attached hydrogens (tertiary/aromatic N) is 3. The largest absolute Gasteiger partial charge is 0.412 e. The molecule has 3 N–H and O–H groups in total. The topological polar surface area (TPSA) is 105 Å². The van der Waals surface area contributed by atoms with E-state index in [1.165, 1.54) is 14.1 Å². The lowest BCUT2D eigenvalue weighted by Crippen LogP contribution is -2.33. The van der Waals surface area contributed by atoms with Crippen molar-refractivity contribution < 1.29 is 20.3 Å². The standard InChI is InChI=1S/C5H7N3O3.H2O/c1-7-4(9)3(6-11)5(10)8(7)2;/h11H,1-2H3;1H2. The molecule has 1 rings (SSSR count).